The Bertz CT molecular complexity index is 1380. The Balaban J connectivity index is 1.70. The van der Waals surface area contributed by atoms with E-state index in [0.29, 0.717) is 33.6 Å². The van der Waals surface area contributed by atoms with Crippen LogP contribution in [0.3, 0.4) is 0 Å². The molecule has 2 heterocycles. The highest BCUT2D eigenvalue weighted by Crippen LogP contribution is 2.25. The van der Waals surface area contributed by atoms with Crippen molar-refractivity contribution in [3.8, 4) is 11.3 Å². The third kappa shape index (κ3) is 3.94. The highest BCUT2D eigenvalue weighted by Gasteiger charge is 2.16. The molecule has 4 rings (SSSR count). The van der Waals surface area contributed by atoms with Crippen molar-refractivity contribution in [3.63, 3.8) is 0 Å². The molecule has 4 aromatic rings. The molecule has 0 unspecified atom stereocenters. The van der Waals surface area contributed by atoms with Crippen molar-refractivity contribution in [2.24, 2.45) is 0 Å². The summed E-state index contributed by atoms with van der Waals surface area (Å²) >= 11 is 5.27. The lowest BCUT2D eigenvalue weighted by Gasteiger charge is -2.12. The largest absolute Gasteiger partial charge is 0.332 e. The molecule has 0 saturated carbocycles. The molecule has 2 aromatic carbocycles. The van der Waals surface area contributed by atoms with Gasteiger partial charge in [-0.1, -0.05) is 30.3 Å². The zero-order chi connectivity index (χ0) is 22.1. The maximum atomic E-state index is 13.0. The van der Waals surface area contributed by atoms with Crippen LogP contribution in [0, 0.1) is 4.77 Å². The summed E-state index contributed by atoms with van der Waals surface area (Å²) in [6, 6.07) is 16.7. The first-order valence-electron chi connectivity index (χ1n) is 10.1. The second kappa shape index (κ2) is 8.31. The van der Waals surface area contributed by atoms with E-state index in [0.717, 1.165) is 11.3 Å². The third-order valence-electron chi connectivity index (χ3n) is 5.10. The Morgan fingerprint density at radius 1 is 1.16 bits per heavy atom. The van der Waals surface area contributed by atoms with E-state index in [1.54, 1.807) is 22.9 Å². The number of hydrogen-bond acceptors (Lipinski definition) is 4. The standard InChI is InChI=1S/C23H23N5O2S/c1-4-27-22(30)17-11-10-16(12-19(17)24-23(27)31)21(29)25-20-13-18(26-28(20)14(2)3)15-8-6-5-7-9-15/h5-14H,4H2,1-3H3,(H,24,31)(H,25,29). The number of nitrogens with one attached hydrogen (secondary N) is 2. The predicted molar refractivity (Wildman–Crippen MR) is 125 cm³/mol. The summed E-state index contributed by atoms with van der Waals surface area (Å²) in [5.41, 5.74) is 2.55. The molecule has 0 spiro atoms. The van der Waals surface area contributed by atoms with Crippen molar-refractivity contribution in [3.05, 3.63) is 75.3 Å². The van der Waals surface area contributed by atoms with Gasteiger partial charge in [-0.05, 0) is 51.2 Å². The van der Waals surface area contributed by atoms with Gasteiger partial charge in [0.1, 0.15) is 5.82 Å². The van der Waals surface area contributed by atoms with Crippen LogP contribution in [0.15, 0.2) is 59.4 Å². The highest BCUT2D eigenvalue weighted by atomic mass is 32.1. The van der Waals surface area contributed by atoms with Crippen LogP contribution in [0.25, 0.3) is 22.2 Å². The minimum atomic E-state index is -0.290. The Labute approximate surface area is 184 Å². The van der Waals surface area contributed by atoms with Gasteiger partial charge in [0.15, 0.2) is 4.77 Å². The SMILES string of the molecule is CCn1c(=S)[nH]c2cc(C(=O)Nc3cc(-c4ccccc4)nn3C(C)C)ccc2c1=O. The van der Waals surface area contributed by atoms with Crippen molar-refractivity contribution < 1.29 is 4.79 Å². The molecule has 0 saturated heterocycles. The normalized spacial score (nSPS) is 11.2. The number of carbonyl (C=O) groups is 1. The molecule has 2 aromatic heterocycles. The molecule has 158 valence electrons. The summed E-state index contributed by atoms with van der Waals surface area (Å²) in [4.78, 5) is 28.6. The van der Waals surface area contributed by atoms with Gasteiger partial charge in [-0.15, -0.1) is 0 Å². The number of nitrogens with zero attached hydrogens (tertiary/aromatic N) is 3. The summed E-state index contributed by atoms with van der Waals surface area (Å²) in [7, 11) is 0. The first-order valence-corrected chi connectivity index (χ1v) is 10.5. The van der Waals surface area contributed by atoms with E-state index in [1.165, 1.54) is 4.57 Å². The molecule has 31 heavy (non-hydrogen) atoms. The fourth-order valence-corrected chi connectivity index (χ4v) is 3.82. The van der Waals surface area contributed by atoms with Crippen LogP contribution in [0.5, 0.6) is 0 Å². The quantitative estimate of drug-likeness (QED) is 0.444. The first-order chi connectivity index (χ1) is 14.9. The molecule has 0 aliphatic heterocycles. The van der Waals surface area contributed by atoms with Gasteiger partial charge < -0.3 is 10.3 Å². The van der Waals surface area contributed by atoms with Crippen LogP contribution in [-0.4, -0.2) is 25.2 Å². The highest BCUT2D eigenvalue weighted by molar-refractivity contribution is 7.71. The van der Waals surface area contributed by atoms with Gasteiger partial charge in [0, 0.05) is 29.8 Å². The fourth-order valence-electron chi connectivity index (χ4n) is 3.50. The van der Waals surface area contributed by atoms with Crippen LogP contribution in [0.2, 0.25) is 0 Å². The van der Waals surface area contributed by atoms with Crippen LogP contribution in [0.1, 0.15) is 37.2 Å². The molecule has 0 bridgehead atoms. The first kappa shape index (κ1) is 20.7. The summed E-state index contributed by atoms with van der Waals surface area (Å²) in [5.74, 6) is 0.315. The summed E-state index contributed by atoms with van der Waals surface area (Å²) in [6.45, 7) is 6.36. The van der Waals surface area contributed by atoms with Gasteiger partial charge in [0.05, 0.1) is 16.6 Å². The molecule has 0 atom stereocenters. The number of aromatic nitrogens is 4. The van der Waals surface area contributed by atoms with Gasteiger partial charge in [-0.25, -0.2) is 4.68 Å². The molecule has 0 fully saturated rings. The molecular weight excluding hydrogens is 410 g/mol. The van der Waals surface area contributed by atoms with Crippen LogP contribution in [-0.2, 0) is 6.54 Å². The Morgan fingerprint density at radius 3 is 2.58 bits per heavy atom. The van der Waals surface area contributed by atoms with Gasteiger partial charge in [0.25, 0.3) is 11.5 Å². The molecule has 0 radical (unpaired) electrons. The minimum Gasteiger partial charge on any atom is -0.332 e. The number of benzene rings is 2. The average Bonchev–Trinajstić information content (AvgIpc) is 3.18. The molecule has 0 aliphatic carbocycles. The van der Waals surface area contributed by atoms with E-state index in [9.17, 15) is 9.59 Å². The molecule has 2 N–H and O–H groups in total. The van der Waals surface area contributed by atoms with E-state index >= 15 is 0 Å². The van der Waals surface area contributed by atoms with E-state index in [1.807, 2.05) is 57.2 Å². The fraction of sp³-hybridized carbons (Fsp3) is 0.217. The predicted octanol–water partition coefficient (Wildman–Crippen LogP) is 4.78. The zero-order valence-electron chi connectivity index (χ0n) is 17.5. The number of aromatic amines is 1. The van der Waals surface area contributed by atoms with Gasteiger partial charge in [0.2, 0.25) is 0 Å². The summed E-state index contributed by atoms with van der Waals surface area (Å²) < 4.78 is 3.61. The Morgan fingerprint density at radius 2 is 1.90 bits per heavy atom. The maximum Gasteiger partial charge on any atom is 0.262 e. The number of anilines is 1. The molecule has 7 nitrogen and oxygen atoms in total. The smallest absolute Gasteiger partial charge is 0.262 e. The van der Waals surface area contributed by atoms with Gasteiger partial charge in [-0.3, -0.25) is 14.2 Å². The average molecular weight is 434 g/mol. The number of H-pyrrole nitrogens is 1. The summed E-state index contributed by atoms with van der Waals surface area (Å²) in [6.07, 6.45) is 0. The molecular formula is C23H23N5O2S. The van der Waals surface area contributed by atoms with Crippen LogP contribution < -0.4 is 10.9 Å². The van der Waals surface area contributed by atoms with Crippen molar-refractivity contribution in [1.29, 1.82) is 0 Å². The van der Waals surface area contributed by atoms with Crippen LogP contribution >= 0.6 is 12.2 Å². The lowest BCUT2D eigenvalue weighted by Crippen LogP contribution is -2.22. The zero-order valence-corrected chi connectivity index (χ0v) is 18.4. The lowest BCUT2D eigenvalue weighted by atomic mass is 10.1. The number of fused-ring (bicyclic) bond motifs is 1. The number of amides is 1. The van der Waals surface area contributed by atoms with Crippen molar-refractivity contribution in [1.82, 2.24) is 19.3 Å². The van der Waals surface area contributed by atoms with Gasteiger partial charge >= 0.3 is 0 Å². The van der Waals surface area contributed by atoms with Gasteiger partial charge in [-0.2, -0.15) is 5.10 Å². The minimum absolute atomic E-state index is 0.0629. The molecule has 8 heteroatoms. The Hall–Kier alpha value is -3.52. The monoisotopic (exact) mass is 433 g/mol. The van der Waals surface area contributed by atoms with E-state index in [-0.39, 0.29) is 17.5 Å². The third-order valence-corrected chi connectivity index (χ3v) is 5.42. The second-order valence-electron chi connectivity index (χ2n) is 7.51. The van der Waals surface area contributed by atoms with E-state index < -0.39 is 0 Å². The summed E-state index contributed by atoms with van der Waals surface area (Å²) in [5, 5.41) is 8.10. The van der Waals surface area contributed by atoms with Crippen molar-refractivity contribution >= 4 is 34.8 Å². The van der Waals surface area contributed by atoms with Crippen molar-refractivity contribution in [2.75, 3.05) is 5.32 Å². The molecule has 0 aliphatic rings. The molecule has 1 amide bonds. The second-order valence-corrected chi connectivity index (χ2v) is 7.90. The maximum absolute atomic E-state index is 13.0. The number of hydrogen-bond donors (Lipinski definition) is 2. The van der Waals surface area contributed by atoms with E-state index in [2.05, 4.69) is 15.4 Å². The topological polar surface area (TPSA) is 84.7 Å². The van der Waals surface area contributed by atoms with E-state index in [4.69, 9.17) is 12.2 Å². The Kier molecular flexibility index (Phi) is 5.56. The number of rotatable bonds is 5. The lowest BCUT2D eigenvalue weighted by molar-refractivity contribution is 0.102. The van der Waals surface area contributed by atoms with Crippen LogP contribution in [0.4, 0.5) is 5.82 Å². The number of carbonyl (C=O) groups excluding carboxylic acids is 1. The van der Waals surface area contributed by atoms with Crippen molar-refractivity contribution in [2.45, 2.75) is 33.4 Å².